The maximum Gasteiger partial charge on any atom is 0.0841 e. The van der Waals surface area contributed by atoms with Gasteiger partial charge in [0, 0.05) is 21.1 Å². The van der Waals surface area contributed by atoms with Gasteiger partial charge in [0.15, 0.2) is 0 Å². The van der Waals surface area contributed by atoms with E-state index in [1.165, 1.54) is 0 Å². The quantitative estimate of drug-likeness (QED) is 0.329. The van der Waals surface area contributed by atoms with Crippen molar-refractivity contribution in [1.29, 1.82) is 0 Å². The second-order valence-corrected chi connectivity index (χ2v) is 1.34. The highest BCUT2D eigenvalue weighted by atomic mass is 15.1. The van der Waals surface area contributed by atoms with Crippen LogP contribution in [0.15, 0.2) is 4.99 Å². The van der Waals surface area contributed by atoms with Crippen molar-refractivity contribution in [3.63, 3.8) is 0 Å². The van der Waals surface area contributed by atoms with E-state index >= 15 is 0 Å². The van der Waals surface area contributed by atoms with Crippen molar-refractivity contribution in [3.8, 4) is 0 Å². The Kier molecular flexibility index (Phi) is 2.46. The van der Waals surface area contributed by atoms with Gasteiger partial charge in [-0.1, -0.05) is 0 Å². The molecule has 0 radical (unpaired) electrons. The zero-order valence-corrected chi connectivity index (χ0v) is 4.47. The van der Waals surface area contributed by atoms with Gasteiger partial charge in [-0.05, 0) is 0 Å². The summed E-state index contributed by atoms with van der Waals surface area (Å²) in [6, 6.07) is 0. The summed E-state index contributed by atoms with van der Waals surface area (Å²) in [5.41, 5.74) is 0. The van der Waals surface area contributed by atoms with E-state index in [1.807, 2.05) is 19.0 Å². The summed E-state index contributed by atoms with van der Waals surface area (Å²) in [6.45, 7) is 0. The van der Waals surface area contributed by atoms with Gasteiger partial charge in [0.2, 0.25) is 0 Å². The first-order valence-corrected chi connectivity index (χ1v) is 1.86. The highest BCUT2D eigenvalue weighted by molar-refractivity contribution is 5.53. The van der Waals surface area contributed by atoms with Crippen LogP contribution in [0.4, 0.5) is 0 Å². The van der Waals surface area contributed by atoms with Crippen molar-refractivity contribution >= 4 is 6.34 Å². The molecule has 0 bridgehead atoms. The Morgan fingerprint density at radius 3 is 2.00 bits per heavy atom. The normalized spacial score (nSPS) is 9.83. The molecule has 0 aromatic heterocycles. The molecule has 0 spiro atoms. The maximum atomic E-state index is 3.74. The average molecular weight is 86.1 g/mol. The van der Waals surface area contributed by atoms with Gasteiger partial charge >= 0.3 is 0 Å². The fourth-order valence-corrected chi connectivity index (χ4v) is 0.231. The second kappa shape index (κ2) is 2.69. The second-order valence-electron chi connectivity index (χ2n) is 1.34. The predicted molar refractivity (Wildman–Crippen MR) is 28.1 cm³/mol. The molecule has 0 aromatic carbocycles. The van der Waals surface area contributed by atoms with Crippen LogP contribution < -0.4 is 0 Å². The van der Waals surface area contributed by atoms with Gasteiger partial charge in [-0.2, -0.15) is 0 Å². The Bertz CT molecular complexity index is 47.5. The first-order chi connectivity index (χ1) is 2.77. The van der Waals surface area contributed by atoms with E-state index in [0.717, 1.165) is 0 Å². The summed E-state index contributed by atoms with van der Waals surface area (Å²) >= 11 is 0. The molecule has 0 saturated carbocycles. The first kappa shape index (κ1) is 5.47. The van der Waals surface area contributed by atoms with Crippen molar-refractivity contribution < 1.29 is 0 Å². The molecule has 2 heteroatoms. The largest absolute Gasteiger partial charge is 0.369 e. The van der Waals surface area contributed by atoms with Crippen LogP contribution in [0.3, 0.4) is 0 Å². The number of aliphatic imine (C=N–C) groups is 1. The molecule has 0 fully saturated rings. The van der Waals surface area contributed by atoms with E-state index in [4.69, 9.17) is 0 Å². The van der Waals surface area contributed by atoms with Crippen LogP contribution in [0.1, 0.15) is 0 Å². The molecule has 0 rings (SSSR count). The molecule has 6 heavy (non-hydrogen) atoms. The van der Waals surface area contributed by atoms with Gasteiger partial charge < -0.3 is 4.90 Å². The van der Waals surface area contributed by atoms with Crippen molar-refractivity contribution in [2.75, 3.05) is 21.1 Å². The summed E-state index contributed by atoms with van der Waals surface area (Å²) in [5.74, 6) is 0. The Hall–Kier alpha value is -0.530. The van der Waals surface area contributed by atoms with Gasteiger partial charge in [-0.3, -0.25) is 4.99 Å². The standard InChI is InChI=1S/C4H10N2/c1-5-4-6(2)3/h4H,1-3H3/b5-4-. The minimum absolute atomic E-state index is 1.75. The Labute approximate surface area is 38.5 Å². The minimum Gasteiger partial charge on any atom is -0.369 e. The third-order valence-electron chi connectivity index (χ3n) is 0.346. The van der Waals surface area contributed by atoms with E-state index in [1.54, 1.807) is 13.4 Å². The Morgan fingerprint density at radius 1 is 1.50 bits per heavy atom. The lowest BCUT2D eigenvalue weighted by Crippen LogP contribution is -2.06. The monoisotopic (exact) mass is 86.1 g/mol. The number of rotatable bonds is 1. The van der Waals surface area contributed by atoms with Crippen LogP contribution >= 0.6 is 0 Å². The molecule has 2 nitrogen and oxygen atoms in total. The lowest BCUT2D eigenvalue weighted by molar-refractivity contribution is 0.642. The molecule has 36 valence electrons. The van der Waals surface area contributed by atoms with E-state index < -0.39 is 0 Å². The molecule has 0 N–H and O–H groups in total. The van der Waals surface area contributed by atoms with Gasteiger partial charge in [-0.25, -0.2) is 0 Å². The molecule has 0 amide bonds. The number of nitrogens with zero attached hydrogens (tertiary/aromatic N) is 2. The highest BCUT2D eigenvalue weighted by Crippen LogP contribution is 1.59. The fraction of sp³-hybridized carbons (Fsp3) is 0.750. The summed E-state index contributed by atoms with van der Waals surface area (Å²) in [5, 5.41) is 0. The van der Waals surface area contributed by atoms with Crippen molar-refractivity contribution in [1.82, 2.24) is 4.90 Å². The fourth-order valence-electron chi connectivity index (χ4n) is 0.231. The van der Waals surface area contributed by atoms with E-state index in [2.05, 4.69) is 4.99 Å². The molecule has 0 heterocycles. The Morgan fingerprint density at radius 2 is 2.00 bits per heavy atom. The van der Waals surface area contributed by atoms with Crippen LogP contribution in [0, 0.1) is 0 Å². The van der Waals surface area contributed by atoms with Crippen LogP contribution in [-0.4, -0.2) is 32.4 Å². The minimum atomic E-state index is 1.75. The summed E-state index contributed by atoms with van der Waals surface area (Å²) < 4.78 is 0. The smallest absolute Gasteiger partial charge is 0.0841 e. The topological polar surface area (TPSA) is 15.6 Å². The molecular formula is C4H10N2. The van der Waals surface area contributed by atoms with Crippen LogP contribution in [-0.2, 0) is 0 Å². The third-order valence-corrected chi connectivity index (χ3v) is 0.346. The lowest BCUT2D eigenvalue weighted by Gasteiger charge is -1.98. The van der Waals surface area contributed by atoms with Crippen molar-refractivity contribution in [2.45, 2.75) is 0 Å². The van der Waals surface area contributed by atoms with Gasteiger partial charge in [0.1, 0.15) is 0 Å². The first-order valence-electron chi connectivity index (χ1n) is 1.86. The molecule has 0 aliphatic rings. The van der Waals surface area contributed by atoms with E-state index in [-0.39, 0.29) is 0 Å². The van der Waals surface area contributed by atoms with Gasteiger partial charge in [-0.15, -0.1) is 0 Å². The molecule has 0 aliphatic carbocycles. The van der Waals surface area contributed by atoms with Gasteiger partial charge in [0.25, 0.3) is 0 Å². The molecule has 0 atom stereocenters. The molecule has 0 aromatic rings. The lowest BCUT2D eigenvalue weighted by atomic mass is 10.9. The van der Waals surface area contributed by atoms with Crippen LogP contribution in [0.25, 0.3) is 0 Å². The third kappa shape index (κ3) is 3.47. The molecule has 0 saturated heterocycles. The zero-order valence-electron chi connectivity index (χ0n) is 4.47. The predicted octanol–water partition coefficient (Wildman–Crippen LogP) is 0.206. The number of hydrogen-bond donors (Lipinski definition) is 0. The zero-order chi connectivity index (χ0) is 4.99. The molecular weight excluding hydrogens is 76.1 g/mol. The molecule has 0 aliphatic heterocycles. The number of hydrogen-bond acceptors (Lipinski definition) is 1. The van der Waals surface area contributed by atoms with Crippen LogP contribution in [0.2, 0.25) is 0 Å². The maximum absolute atomic E-state index is 3.74. The summed E-state index contributed by atoms with van der Waals surface area (Å²) in [4.78, 5) is 5.62. The summed E-state index contributed by atoms with van der Waals surface area (Å²) in [7, 11) is 5.62. The summed E-state index contributed by atoms with van der Waals surface area (Å²) in [6.07, 6.45) is 1.75. The molecule has 0 unspecified atom stereocenters. The highest BCUT2D eigenvalue weighted by Gasteiger charge is 1.67. The van der Waals surface area contributed by atoms with E-state index in [0.29, 0.717) is 0 Å². The van der Waals surface area contributed by atoms with Gasteiger partial charge in [0.05, 0.1) is 6.34 Å². The van der Waals surface area contributed by atoms with Crippen molar-refractivity contribution in [2.24, 2.45) is 4.99 Å². The van der Waals surface area contributed by atoms with Crippen LogP contribution in [0.5, 0.6) is 0 Å². The average Bonchev–Trinajstić information content (AvgIpc) is 1.35. The SMILES string of the molecule is C/N=C\N(C)C. The van der Waals surface area contributed by atoms with Crippen molar-refractivity contribution in [3.05, 3.63) is 0 Å². The Balaban J connectivity index is 3.03. The van der Waals surface area contributed by atoms with E-state index in [9.17, 15) is 0 Å².